The highest BCUT2D eigenvalue weighted by Crippen LogP contribution is 2.30. The van der Waals surface area contributed by atoms with E-state index in [2.05, 4.69) is 10.0 Å². The van der Waals surface area contributed by atoms with E-state index < -0.39 is 10.0 Å². The van der Waals surface area contributed by atoms with E-state index in [0.717, 1.165) is 11.1 Å². The minimum atomic E-state index is -3.20. The van der Waals surface area contributed by atoms with Crippen LogP contribution in [0.1, 0.15) is 18.7 Å². The topological polar surface area (TPSA) is 80.6 Å². The van der Waals surface area contributed by atoms with Gasteiger partial charge >= 0.3 is 0 Å². The summed E-state index contributed by atoms with van der Waals surface area (Å²) < 4.78 is 36.1. The van der Waals surface area contributed by atoms with Crippen molar-refractivity contribution in [1.29, 1.82) is 0 Å². The summed E-state index contributed by atoms with van der Waals surface area (Å²) in [5.41, 5.74) is 0.700. The quantitative estimate of drug-likeness (QED) is 0.812. The SMILES string of the molecule is CNS(=O)(=O)CCNC(C)c1cc2cccc(OC)c2o1. The summed E-state index contributed by atoms with van der Waals surface area (Å²) in [7, 11) is -0.190. The van der Waals surface area contributed by atoms with Crippen LogP contribution in [0.25, 0.3) is 11.0 Å². The second-order valence-electron chi connectivity index (χ2n) is 4.73. The number of ether oxygens (including phenoxy) is 1. The van der Waals surface area contributed by atoms with Gasteiger partial charge in [0.15, 0.2) is 11.3 Å². The summed E-state index contributed by atoms with van der Waals surface area (Å²) in [6.45, 7) is 2.27. The van der Waals surface area contributed by atoms with E-state index in [-0.39, 0.29) is 11.8 Å². The highest BCUT2D eigenvalue weighted by atomic mass is 32.2. The molecular formula is C14H20N2O4S. The highest BCUT2D eigenvalue weighted by molar-refractivity contribution is 7.89. The molecule has 0 fully saturated rings. The zero-order valence-corrected chi connectivity index (χ0v) is 13.2. The molecule has 1 aromatic carbocycles. The molecule has 0 aliphatic heterocycles. The van der Waals surface area contributed by atoms with E-state index in [0.29, 0.717) is 17.9 Å². The fourth-order valence-corrected chi connectivity index (χ4v) is 2.63. The van der Waals surface area contributed by atoms with E-state index in [9.17, 15) is 8.42 Å². The lowest BCUT2D eigenvalue weighted by atomic mass is 10.2. The van der Waals surface area contributed by atoms with Gasteiger partial charge in [-0.3, -0.25) is 0 Å². The number of rotatable bonds is 7. The molecule has 1 aromatic heterocycles. The predicted molar refractivity (Wildman–Crippen MR) is 82.0 cm³/mol. The highest BCUT2D eigenvalue weighted by Gasteiger charge is 2.14. The standard InChI is InChI=1S/C14H20N2O4S/c1-10(16-7-8-21(17,18)15-2)13-9-11-5-4-6-12(19-3)14(11)20-13/h4-6,9-10,15-16H,7-8H2,1-3H3. The molecule has 2 N–H and O–H groups in total. The molecule has 0 saturated heterocycles. The molecule has 0 radical (unpaired) electrons. The van der Waals surface area contributed by atoms with E-state index >= 15 is 0 Å². The van der Waals surface area contributed by atoms with Gasteiger partial charge < -0.3 is 14.5 Å². The number of benzene rings is 1. The Balaban J connectivity index is 2.08. The Hall–Kier alpha value is -1.57. The number of hydrogen-bond acceptors (Lipinski definition) is 5. The largest absolute Gasteiger partial charge is 0.493 e. The number of sulfonamides is 1. The van der Waals surface area contributed by atoms with E-state index in [4.69, 9.17) is 9.15 Å². The van der Waals surface area contributed by atoms with Crippen LogP contribution in [-0.4, -0.2) is 34.9 Å². The van der Waals surface area contributed by atoms with E-state index in [1.807, 2.05) is 31.2 Å². The molecule has 0 saturated carbocycles. The van der Waals surface area contributed by atoms with Crippen molar-refractivity contribution in [3.05, 3.63) is 30.0 Å². The van der Waals surface area contributed by atoms with E-state index in [1.165, 1.54) is 7.05 Å². The Kier molecular flexibility index (Phi) is 4.87. The third kappa shape index (κ3) is 3.75. The Labute approximate surface area is 124 Å². The van der Waals surface area contributed by atoms with Crippen LogP contribution < -0.4 is 14.8 Å². The van der Waals surface area contributed by atoms with E-state index in [1.54, 1.807) is 7.11 Å². The Morgan fingerprint density at radius 1 is 1.38 bits per heavy atom. The maximum atomic E-state index is 11.4. The maximum absolute atomic E-state index is 11.4. The normalized spacial score (nSPS) is 13.5. The van der Waals surface area contributed by atoms with Crippen LogP contribution in [0.3, 0.4) is 0 Å². The van der Waals surface area contributed by atoms with Crippen molar-refractivity contribution in [2.24, 2.45) is 0 Å². The van der Waals surface area contributed by atoms with Crippen LogP contribution in [0.5, 0.6) is 5.75 Å². The Bertz CT molecular complexity index is 709. The Morgan fingerprint density at radius 3 is 2.81 bits per heavy atom. The number of fused-ring (bicyclic) bond motifs is 1. The van der Waals surface area contributed by atoms with Gasteiger partial charge in [-0.25, -0.2) is 13.1 Å². The van der Waals surface area contributed by atoms with Crippen LogP contribution in [0, 0.1) is 0 Å². The molecule has 116 valence electrons. The molecule has 0 aliphatic rings. The lowest BCUT2D eigenvalue weighted by Crippen LogP contribution is -2.30. The van der Waals surface area contributed by atoms with Crippen molar-refractivity contribution < 1.29 is 17.6 Å². The summed E-state index contributed by atoms with van der Waals surface area (Å²) in [6, 6.07) is 7.53. The Morgan fingerprint density at radius 2 is 2.14 bits per heavy atom. The van der Waals surface area contributed by atoms with Crippen LogP contribution in [0.15, 0.2) is 28.7 Å². The van der Waals surface area contributed by atoms with Crippen molar-refractivity contribution in [2.75, 3.05) is 26.5 Å². The summed E-state index contributed by atoms with van der Waals surface area (Å²) in [5, 5.41) is 4.09. The fraction of sp³-hybridized carbons (Fsp3) is 0.429. The van der Waals surface area contributed by atoms with Gasteiger partial charge in [0.05, 0.1) is 18.9 Å². The van der Waals surface area contributed by atoms with Crippen LogP contribution in [0.4, 0.5) is 0 Å². The molecule has 0 amide bonds. The zero-order valence-electron chi connectivity index (χ0n) is 12.3. The smallest absolute Gasteiger partial charge is 0.212 e. The lowest BCUT2D eigenvalue weighted by Gasteiger charge is -2.11. The maximum Gasteiger partial charge on any atom is 0.212 e. The lowest BCUT2D eigenvalue weighted by molar-refractivity contribution is 0.401. The number of methoxy groups -OCH3 is 1. The molecule has 0 aliphatic carbocycles. The van der Waals surface area contributed by atoms with Crippen LogP contribution in [0.2, 0.25) is 0 Å². The number of hydrogen-bond donors (Lipinski definition) is 2. The average molecular weight is 312 g/mol. The molecular weight excluding hydrogens is 292 g/mol. The summed E-state index contributed by atoms with van der Waals surface area (Å²) in [5.74, 6) is 1.46. The summed E-state index contributed by atoms with van der Waals surface area (Å²) >= 11 is 0. The number of para-hydroxylation sites is 1. The first kappa shape index (κ1) is 15.8. The average Bonchev–Trinajstić information content (AvgIpc) is 2.91. The van der Waals surface area contributed by atoms with Gasteiger partial charge in [0.25, 0.3) is 0 Å². The molecule has 1 heterocycles. The summed E-state index contributed by atoms with van der Waals surface area (Å²) in [6.07, 6.45) is 0. The second kappa shape index (κ2) is 6.46. The molecule has 1 unspecified atom stereocenters. The third-order valence-corrected chi connectivity index (χ3v) is 4.67. The van der Waals surface area contributed by atoms with Gasteiger partial charge in [0, 0.05) is 11.9 Å². The van der Waals surface area contributed by atoms with Gasteiger partial charge in [-0.1, -0.05) is 12.1 Å². The molecule has 2 aromatic rings. The van der Waals surface area contributed by atoms with Gasteiger partial charge in [-0.2, -0.15) is 0 Å². The van der Waals surface area contributed by atoms with Crippen molar-refractivity contribution in [1.82, 2.24) is 10.0 Å². The molecule has 7 heteroatoms. The van der Waals surface area contributed by atoms with Crippen LogP contribution in [-0.2, 0) is 10.0 Å². The minimum absolute atomic E-state index is 0.0252. The van der Waals surface area contributed by atoms with Crippen LogP contribution >= 0.6 is 0 Å². The van der Waals surface area contributed by atoms with Crippen molar-refractivity contribution in [3.63, 3.8) is 0 Å². The van der Waals surface area contributed by atoms with Gasteiger partial charge in [0.2, 0.25) is 10.0 Å². The molecule has 1 atom stereocenters. The van der Waals surface area contributed by atoms with Crippen molar-refractivity contribution >= 4 is 21.0 Å². The monoisotopic (exact) mass is 312 g/mol. The predicted octanol–water partition coefficient (Wildman–Crippen LogP) is 1.64. The third-order valence-electron chi connectivity index (χ3n) is 3.31. The number of furan rings is 1. The minimum Gasteiger partial charge on any atom is -0.493 e. The first-order valence-corrected chi connectivity index (χ1v) is 8.33. The first-order valence-electron chi connectivity index (χ1n) is 6.68. The van der Waals surface area contributed by atoms with Gasteiger partial charge in [-0.05, 0) is 26.1 Å². The van der Waals surface area contributed by atoms with Crippen molar-refractivity contribution in [3.8, 4) is 5.75 Å². The summed E-state index contributed by atoms with van der Waals surface area (Å²) in [4.78, 5) is 0. The molecule has 2 rings (SSSR count). The fourth-order valence-electron chi connectivity index (χ4n) is 2.04. The molecule has 0 spiro atoms. The van der Waals surface area contributed by atoms with Crippen molar-refractivity contribution in [2.45, 2.75) is 13.0 Å². The number of nitrogens with one attached hydrogen (secondary N) is 2. The zero-order chi connectivity index (χ0) is 15.5. The molecule has 21 heavy (non-hydrogen) atoms. The molecule has 0 bridgehead atoms. The first-order chi connectivity index (χ1) is 9.96. The van der Waals surface area contributed by atoms with Gasteiger partial charge in [-0.15, -0.1) is 0 Å². The second-order valence-corrected chi connectivity index (χ2v) is 6.77. The van der Waals surface area contributed by atoms with Gasteiger partial charge in [0.1, 0.15) is 5.76 Å². The molecule has 6 nitrogen and oxygen atoms in total.